The van der Waals surface area contributed by atoms with Gasteiger partial charge in [-0.15, -0.1) is 6.58 Å². The van der Waals surface area contributed by atoms with Gasteiger partial charge in [-0.25, -0.2) is 0 Å². The van der Waals surface area contributed by atoms with Crippen LogP contribution >= 0.6 is 11.6 Å². The number of allylic oxidation sites excluding steroid dienone is 1. The van der Waals surface area contributed by atoms with Gasteiger partial charge in [0.2, 0.25) is 0 Å². The Hall–Kier alpha value is -2.99. The molecule has 1 aliphatic carbocycles. The summed E-state index contributed by atoms with van der Waals surface area (Å²) in [6.45, 7) is 11.3. The smallest absolute Gasteiger partial charge is 0.314 e. The first kappa shape index (κ1) is 29.0. The Labute approximate surface area is 236 Å². The van der Waals surface area contributed by atoms with E-state index in [2.05, 4.69) is 23.6 Å². The van der Waals surface area contributed by atoms with Gasteiger partial charge in [-0.3, -0.25) is 9.59 Å². The Morgan fingerprint density at radius 2 is 2.03 bits per heavy atom. The molecule has 2 aliphatic rings. The number of carboxylic acid groups (broad SMARTS) is 1. The number of ether oxygens (including phenoxy) is 2. The van der Waals surface area contributed by atoms with Crippen LogP contribution in [0, 0.1) is 0 Å². The highest BCUT2D eigenvalue weighted by atomic mass is 35.5. The fourth-order valence-corrected chi connectivity index (χ4v) is 6.06. The number of unbranched alkanes of at least 4 members (excludes halogenated alkanes) is 2. The third-order valence-electron chi connectivity index (χ3n) is 7.62. The number of benzene rings is 2. The minimum atomic E-state index is -1.05. The minimum Gasteiger partial charge on any atom is -0.490 e. The molecule has 210 valence electrons. The van der Waals surface area contributed by atoms with Gasteiger partial charge in [-0.05, 0) is 100 Å². The van der Waals surface area contributed by atoms with E-state index in [0.717, 1.165) is 68.1 Å². The molecule has 0 amide bonds. The zero-order valence-electron chi connectivity index (χ0n) is 23.3. The van der Waals surface area contributed by atoms with Crippen LogP contribution in [0.25, 0.3) is 0 Å². The minimum absolute atomic E-state index is 0.193. The number of hydrogen-bond acceptors (Lipinski definition) is 5. The third kappa shape index (κ3) is 6.96. The molecule has 2 aromatic rings. The van der Waals surface area contributed by atoms with E-state index in [1.807, 2.05) is 24.3 Å². The summed E-state index contributed by atoms with van der Waals surface area (Å²) in [4.78, 5) is 27.2. The molecule has 2 aromatic carbocycles. The molecule has 0 bridgehead atoms. The fourth-order valence-electron chi connectivity index (χ4n) is 5.86. The molecule has 6 nitrogen and oxygen atoms in total. The number of rotatable bonds is 9. The van der Waals surface area contributed by atoms with E-state index in [4.69, 9.17) is 21.1 Å². The second-order valence-corrected chi connectivity index (χ2v) is 12.3. The topological polar surface area (TPSA) is 76.1 Å². The van der Waals surface area contributed by atoms with Crippen LogP contribution in [0.5, 0.6) is 5.75 Å². The number of halogens is 1. The van der Waals surface area contributed by atoms with Crippen molar-refractivity contribution < 1.29 is 24.2 Å². The SMILES string of the molecule is C=CCCCCN1C[C@@]2(CCCc3cc(Cl)ccc32)COc2ccc([C@H](CC(=O)O)C(=O)OC(C)(C)C)cc21. The van der Waals surface area contributed by atoms with Crippen LogP contribution in [0.15, 0.2) is 49.1 Å². The second kappa shape index (κ2) is 12.0. The number of aryl methyl sites for hydroxylation is 1. The summed E-state index contributed by atoms with van der Waals surface area (Å²) in [6, 6.07) is 11.8. The lowest BCUT2D eigenvalue weighted by Crippen LogP contribution is -2.46. The molecule has 4 rings (SSSR count). The van der Waals surface area contributed by atoms with Gasteiger partial charge in [-0.2, -0.15) is 0 Å². The molecule has 0 radical (unpaired) electrons. The molecule has 39 heavy (non-hydrogen) atoms. The molecule has 0 saturated carbocycles. The van der Waals surface area contributed by atoms with Crippen LogP contribution in [0.1, 0.15) is 81.9 Å². The summed E-state index contributed by atoms with van der Waals surface area (Å²) in [5.41, 5.74) is 3.17. The Kier molecular flexibility index (Phi) is 8.95. The molecule has 1 N–H and O–H groups in total. The van der Waals surface area contributed by atoms with E-state index < -0.39 is 23.5 Å². The molecule has 2 atom stereocenters. The quantitative estimate of drug-likeness (QED) is 0.203. The lowest BCUT2D eigenvalue weighted by molar-refractivity contribution is -0.159. The second-order valence-electron chi connectivity index (χ2n) is 11.8. The van der Waals surface area contributed by atoms with Crippen LogP contribution < -0.4 is 9.64 Å². The summed E-state index contributed by atoms with van der Waals surface area (Å²) in [7, 11) is 0. The van der Waals surface area contributed by atoms with Crippen molar-refractivity contribution in [3.63, 3.8) is 0 Å². The van der Waals surface area contributed by atoms with Crippen molar-refractivity contribution in [1.82, 2.24) is 0 Å². The van der Waals surface area contributed by atoms with Gasteiger partial charge < -0.3 is 19.5 Å². The maximum atomic E-state index is 13.1. The van der Waals surface area contributed by atoms with E-state index in [1.165, 1.54) is 11.1 Å². The van der Waals surface area contributed by atoms with Crippen LogP contribution in [0.3, 0.4) is 0 Å². The number of anilines is 1. The van der Waals surface area contributed by atoms with Gasteiger partial charge in [0.15, 0.2) is 0 Å². The first-order valence-electron chi connectivity index (χ1n) is 13.9. The van der Waals surface area contributed by atoms with Crippen LogP contribution in [-0.4, -0.2) is 42.3 Å². The number of carboxylic acids is 1. The highest BCUT2D eigenvalue weighted by Gasteiger charge is 2.42. The number of nitrogens with zero attached hydrogens (tertiary/aromatic N) is 1. The monoisotopic (exact) mass is 553 g/mol. The van der Waals surface area contributed by atoms with Gasteiger partial charge in [0.25, 0.3) is 0 Å². The Morgan fingerprint density at radius 3 is 2.74 bits per heavy atom. The van der Waals surface area contributed by atoms with Crippen LogP contribution in [0.4, 0.5) is 5.69 Å². The number of aliphatic carboxylic acids is 1. The van der Waals surface area contributed by atoms with Crippen LogP contribution in [-0.2, 0) is 26.2 Å². The van der Waals surface area contributed by atoms with Crippen LogP contribution in [0.2, 0.25) is 5.02 Å². The summed E-state index contributed by atoms with van der Waals surface area (Å²) in [6.07, 6.45) is 7.61. The van der Waals surface area contributed by atoms with Crippen molar-refractivity contribution in [2.75, 3.05) is 24.6 Å². The standard InChI is InChI=1S/C32H40ClNO5/c1-5-6-7-8-16-34-20-32(15-9-10-23-17-24(33)12-13-26(23)32)21-38-28-14-11-22(18-27(28)34)25(19-29(35)36)30(37)39-31(2,3)4/h5,11-14,17-18,25H,1,6-10,15-16,19-21H2,2-4H3,(H,35,36)/t25-,32-/m0/s1. The van der Waals surface area contributed by atoms with Crippen molar-refractivity contribution in [2.24, 2.45) is 0 Å². The Balaban J connectivity index is 1.73. The molecular weight excluding hydrogens is 514 g/mol. The van der Waals surface area contributed by atoms with E-state index >= 15 is 0 Å². The Bertz CT molecular complexity index is 1220. The molecule has 1 spiro atoms. The highest BCUT2D eigenvalue weighted by molar-refractivity contribution is 6.30. The predicted molar refractivity (Wildman–Crippen MR) is 155 cm³/mol. The summed E-state index contributed by atoms with van der Waals surface area (Å²) in [5, 5.41) is 10.4. The van der Waals surface area contributed by atoms with Gasteiger partial charge in [0.1, 0.15) is 11.4 Å². The van der Waals surface area contributed by atoms with Gasteiger partial charge in [-0.1, -0.05) is 29.8 Å². The van der Waals surface area contributed by atoms with E-state index in [9.17, 15) is 14.7 Å². The zero-order valence-corrected chi connectivity index (χ0v) is 24.1. The largest absolute Gasteiger partial charge is 0.490 e. The number of esters is 1. The first-order chi connectivity index (χ1) is 18.5. The van der Waals surface area contributed by atoms with Gasteiger partial charge in [0.05, 0.1) is 24.6 Å². The maximum absolute atomic E-state index is 13.1. The lowest BCUT2D eigenvalue weighted by Gasteiger charge is -2.41. The molecule has 1 aliphatic heterocycles. The highest BCUT2D eigenvalue weighted by Crippen LogP contribution is 2.45. The lowest BCUT2D eigenvalue weighted by atomic mass is 9.70. The number of fused-ring (bicyclic) bond motifs is 3. The molecular formula is C32H40ClNO5. The van der Waals surface area contributed by atoms with E-state index in [0.29, 0.717) is 12.2 Å². The van der Waals surface area contributed by atoms with Crippen molar-refractivity contribution in [3.05, 3.63) is 70.8 Å². The molecule has 1 heterocycles. The predicted octanol–water partition coefficient (Wildman–Crippen LogP) is 7.07. The Morgan fingerprint density at radius 1 is 1.23 bits per heavy atom. The summed E-state index contributed by atoms with van der Waals surface area (Å²) < 4.78 is 12.1. The molecule has 0 fully saturated rings. The van der Waals surface area contributed by atoms with Crippen molar-refractivity contribution in [1.29, 1.82) is 0 Å². The maximum Gasteiger partial charge on any atom is 0.314 e. The molecule has 0 aromatic heterocycles. The molecule has 0 unspecified atom stereocenters. The number of carbonyl (C=O) groups is 2. The number of carbonyl (C=O) groups excluding carboxylic acids is 1. The molecule has 7 heteroatoms. The van der Waals surface area contributed by atoms with E-state index in [1.54, 1.807) is 26.8 Å². The van der Waals surface area contributed by atoms with Crippen molar-refractivity contribution >= 4 is 29.2 Å². The fraction of sp³-hybridized carbons (Fsp3) is 0.500. The van der Waals surface area contributed by atoms with E-state index in [-0.39, 0.29) is 11.8 Å². The zero-order chi connectivity index (χ0) is 28.2. The van der Waals surface area contributed by atoms with Gasteiger partial charge in [0, 0.05) is 23.5 Å². The molecule has 0 saturated heterocycles. The van der Waals surface area contributed by atoms with Gasteiger partial charge >= 0.3 is 11.9 Å². The normalized spacial score (nSPS) is 19.3. The average Bonchev–Trinajstić information content (AvgIpc) is 3.01. The third-order valence-corrected chi connectivity index (χ3v) is 7.86. The van der Waals surface area contributed by atoms with Crippen molar-refractivity contribution in [2.45, 2.75) is 82.7 Å². The first-order valence-corrected chi connectivity index (χ1v) is 14.3. The summed E-state index contributed by atoms with van der Waals surface area (Å²) in [5.74, 6) is -1.75. The summed E-state index contributed by atoms with van der Waals surface area (Å²) >= 11 is 6.36. The van der Waals surface area contributed by atoms with Crippen molar-refractivity contribution in [3.8, 4) is 5.75 Å². The number of hydrogen-bond donors (Lipinski definition) is 1. The average molecular weight is 554 g/mol.